The van der Waals surface area contributed by atoms with Crippen LogP contribution in [0.5, 0.6) is 17.2 Å². The topological polar surface area (TPSA) is 68.0 Å². The Morgan fingerprint density at radius 1 is 1.00 bits per heavy atom. The number of methoxy groups -OCH3 is 1. The van der Waals surface area contributed by atoms with Crippen LogP contribution in [0.15, 0.2) is 48.5 Å². The standard InChI is InChI=1S/C31H40N2O3/c1-21(2)20-33(3)17-18-36-24-12-9-22(10-13-24)19-27-26(14-16-29(35-4)31(27)32)30-25-8-6-5-7-23(25)11-15-28(30)34/h9-16,21,34H,5-8,17-20,32H2,1-4H3. The third-order valence-electron chi connectivity index (χ3n) is 7.04. The third kappa shape index (κ3) is 5.96. The fourth-order valence-electron chi connectivity index (χ4n) is 5.30. The molecule has 0 aromatic heterocycles. The summed E-state index contributed by atoms with van der Waals surface area (Å²) in [6.45, 7) is 7.07. The van der Waals surface area contributed by atoms with Crippen molar-refractivity contribution in [3.8, 4) is 28.4 Å². The Balaban J connectivity index is 1.58. The Morgan fingerprint density at radius 3 is 2.47 bits per heavy atom. The van der Waals surface area contributed by atoms with Gasteiger partial charge in [0.05, 0.1) is 12.8 Å². The van der Waals surface area contributed by atoms with Gasteiger partial charge < -0.3 is 25.2 Å². The van der Waals surface area contributed by atoms with Crippen LogP contribution in [0, 0.1) is 5.92 Å². The second-order valence-electron chi connectivity index (χ2n) is 10.3. The van der Waals surface area contributed by atoms with Crippen molar-refractivity contribution in [2.24, 2.45) is 5.92 Å². The van der Waals surface area contributed by atoms with Crippen LogP contribution < -0.4 is 15.2 Å². The van der Waals surface area contributed by atoms with E-state index in [0.717, 1.165) is 60.4 Å². The molecule has 3 aromatic rings. The number of anilines is 1. The molecule has 4 rings (SSSR count). The second-order valence-corrected chi connectivity index (χ2v) is 10.3. The predicted octanol–water partition coefficient (Wildman–Crippen LogP) is 6.09. The van der Waals surface area contributed by atoms with Crippen LogP contribution >= 0.6 is 0 Å². The molecule has 3 aromatic carbocycles. The monoisotopic (exact) mass is 488 g/mol. The number of aryl methyl sites for hydroxylation is 1. The summed E-state index contributed by atoms with van der Waals surface area (Å²) >= 11 is 0. The Bertz CT molecular complexity index is 1170. The highest BCUT2D eigenvalue weighted by atomic mass is 16.5. The van der Waals surface area contributed by atoms with Crippen molar-refractivity contribution in [1.82, 2.24) is 4.90 Å². The molecule has 5 nitrogen and oxygen atoms in total. The summed E-state index contributed by atoms with van der Waals surface area (Å²) < 4.78 is 11.5. The van der Waals surface area contributed by atoms with Crippen LogP contribution in [0.1, 0.15) is 48.9 Å². The van der Waals surface area contributed by atoms with E-state index < -0.39 is 0 Å². The Labute approximate surface area is 215 Å². The van der Waals surface area contributed by atoms with Gasteiger partial charge in [0.2, 0.25) is 0 Å². The molecule has 0 heterocycles. The van der Waals surface area contributed by atoms with E-state index >= 15 is 0 Å². The number of likely N-dealkylation sites (N-methyl/N-ethyl adjacent to an activating group) is 1. The van der Waals surface area contributed by atoms with Crippen LogP contribution in [-0.4, -0.2) is 43.9 Å². The van der Waals surface area contributed by atoms with Gasteiger partial charge >= 0.3 is 0 Å². The van der Waals surface area contributed by atoms with Crippen molar-refractivity contribution in [1.29, 1.82) is 0 Å². The zero-order chi connectivity index (χ0) is 25.7. The molecule has 0 bridgehead atoms. The highest BCUT2D eigenvalue weighted by Crippen LogP contribution is 2.43. The van der Waals surface area contributed by atoms with Crippen LogP contribution in [-0.2, 0) is 19.3 Å². The van der Waals surface area contributed by atoms with E-state index in [9.17, 15) is 5.11 Å². The van der Waals surface area contributed by atoms with Gasteiger partial charge in [-0.1, -0.05) is 38.1 Å². The first kappa shape index (κ1) is 25.9. The number of benzene rings is 3. The maximum Gasteiger partial charge on any atom is 0.142 e. The SMILES string of the molecule is COc1ccc(-c2c(O)ccc3c2CCCC3)c(Cc2ccc(OCCN(C)CC(C)C)cc2)c1N. The predicted molar refractivity (Wildman–Crippen MR) is 148 cm³/mol. The molecular formula is C31H40N2O3. The average Bonchev–Trinajstić information content (AvgIpc) is 2.86. The Kier molecular flexibility index (Phi) is 8.42. The maximum absolute atomic E-state index is 10.9. The van der Waals surface area contributed by atoms with E-state index in [2.05, 4.69) is 44.0 Å². The number of hydrogen-bond acceptors (Lipinski definition) is 5. The van der Waals surface area contributed by atoms with Gasteiger partial charge in [0.25, 0.3) is 0 Å². The summed E-state index contributed by atoms with van der Waals surface area (Å²) in [6, 6.07) is 16.1. The number of aromatic hydroxyl groups is 1. The summed E-state index contributed by atoms with van der Waals surface area (Å²) in [6.07, 6.45) is 5.00. The molecule has 0 spiro atoms. The number of nitrogens with two attached hydrogens (primary N) is 1. The lowest BCUT2D eigenvalue weighted by molar-refractivity contribution is 0.223. The summed E-state index contributed by atoms with van der Waals surface area (Å²) in [5, 5.41) is 10.9. The first-order valence-electron chi connectivity index (χ1n) is 13.1. The van der Waals surface area contributed by atoms with Crippen molar-refractivity contribution in [2.45, 2.75) is 46.0 Å². The van der Waals surface area contributed by atoms with Crippen LogP contribution in [0.3, 0.4) is 0 Å². The number of rotatable bonds is 10. The summed E-state index contributed by atoms with van der Waals surface area (Å²) in [5.41, 5.74) is 13.8. The number of nitrogens with zero attached hydrogens (tertiary/aromatic N) is 1. The third-order valence-corrected chi connectivity index (χ3v) is 7.04. The van der Waals surface area contributed by atoms with E-state index in [1.807, 2.05) is 30.3 Å². The van der Waals surface area contributed by atoms with E-state index in [1.54, 1.807) is 7.11 Å². The average molecular weight is 489 g/mol. The molecule has 0 fully saturated rings. The van der Waals surface area contributed by atoms with E-state index in [0.29, 0.717) is 36.1 Å². The van der Waals surface area contributed by atoms with Crippen molar-refractivity contribution >= 4 is 5.69 Å². The van der Waals surface area contributed by atoms with Crippen LogP contribution in [0.4, 0.5) is 5.69 Å². The maximum atomic E-state index is 10.9. The molecule has 1 aliphatic rings. The molecule has 0 atom stereocenters. The lowest BCUT2D eigenvalue weighted by atomic mass is 9.83. The van der Waals surface area contributed by atoms with Crippen molar-refractivity contribution in [3.63, 3.8) is 0 Å². The largest absolute Gasteiger partial charge is 0.507 e. The number of ether oxygens (including phenoxy) is 2. The Hall–Kier alpha value is -3.18. The molecule has 0 aliphatic heterocycles. The molecule has 0 saturated heterocycles. The van der Waals surface area contributed by atoms with E-state index in [1.165, 1.54) is 17.5 Å². The van der Waals surface area contributed by atoms with Crippen molar-refractivity contribution in [2.75, 3.05) is 39.6 Å². The number of nitrogen functional groups attached to an aromatic ring is 1. The van der Waals surface area contributed by atoms with Crippen LogP contribution in [0.25, 0.3) is 11.1 Å². The van der Waals surface area contributed by atoms with Gasteiger partial charge in [0.1, 0.15) is 23.9 Å². The zero-order valence-electron chi connectivity index (χ0n) is 22.1. The van der Waals surface area contributed by atoms with E-state index in [-0.39, 0.29) is 0 Å². The fraction of sp³-hybridized carbons (Fsp3) is 0.419. The molecule has 1 aliphatic carbocycles. The van der Waals surface area contributed by atoms with Gasteiger partial charge in [-0.3, -0.25) is 0 Å². The van der Waals surface area contributed by atoms with Gasteiger partial charge in [-0.15, -0.1) is 0 Å². The number of phenolic OH excluding ortho intramolecular Hbond substituents is 1. The summed E-state index contributed by atoms with van der Waals surface area (Å²) in [7, 11) is 3.77. The number of hydrogen-bond donors (Lipinski definition) is 2. The first-order valence-corrected chi connectivity index (χ1v) is 13.1. The minimum atomic E-state index is 0.313. The number of fused-ring (bicyclic) bond motifs is 1. The molecule has 3 N–H and O–H groups in total. The van der Waals surface area contributed by atoms with Gasteiger partial charge in [-0.25, -0.2) is 0 Å². The van der Waals surface area contributed by atoms with Crippen molar-refractivity contribution in [3.05, 3.63) is 70.8 Å². The van der Waals surface area contributed by atoms with Gasteiger partial charge in [0, 0.05) is 25.1 Å². The normalized spacial score (nSPS) is 13.2. The van der Waals surface area contributed by atoms with Crippen LogP contribution in [0.2, 0.25) is 0 Å². The molecule has 36 heavy (non-hydrogen) atoms. The molecule has 0 radical (unpaired) electrons. The molecule has 0 amide bonds. The highest BCUT2D eigenvalue weighted by molar-refractivity contribution is 5.83. The van der Waals surface area contributed by atoms with Crippen molar-refractivity contribution < 1.29 is 14.6 Å². The molecule has 0 saturated carbocycles. The van der Waals surface area contributed by atoms with E-state index in [4.69, 9.17) is 15.2 Å². The molecular weight excluding hydrogens is 448 g/mol. The minimum absolute atomic E-state index is 0.313. The quantitative estimate of drug-likeness (QED) is 0.338. The summed E-state index contributed by atoms with van der Waals surface area (Å²) in [4.78, 5) is 2.30. The molecule has 0 unspecified atom stereocenters. The number of phenols is 1. The first-order chi connectivity index (χ1) is 17.4. The zero-order valence-corrected chi connectivity index (χ0v) is 22.1. The van der Waals surface area contributed by atoms with Gasteiger partial charge in [0.15, 0.2) is 0 Å². The van der Waals surface area contributed by atoms with Gasteiger partial charge in [-0.2, -0.15) is 0 Å². The molecule has 192 valence electrons. The lowest BCUT2D eigenvalue weighted by Gasteiger charge is -2.23. The smallest absolute Gasteiger partial charge is 0.142 e. The minimum Gasteiger partial charge on any atom is -0.507 e. The summed E-state index contributed by atoms with van der Waals surface area (Å²) in [5.74, 6) is 2.48. The Morgan fingerprint density at radius 2 is 1.75 bits per heavy atom. The second kappa shape index (κ2) is 11.7. The lowest BCUT2D eigenvalue weighted by Crippen LogP contribution is -2.27. The molecule has 5 heteroatoms. The highest BCUT2D eigenvalue weighted by Gasteiger charge is 2.22. The fourth-order valence-corrected chi connectivity index (χ4v) is 5.30. The van der Waals surface area contributed by atoms with Gasteiger partial charge in [-0.05, 0) is 90.7 Å².